The summed E-state index contributed by atoms with van der Waals surface area (Å²) in [4.78, 5) is 12.7. The van der Waals surface area contributed by atoms with E-state index in [-0.39, 0.29) is 12.1 Å². The van der Waals surface area contributed by atoms with Gasteiger partial charge in [0.15, 0.2) is 0 Å². The highest BCUT2D eigenvalue weighted by molar-refractivity contribution is 5.90. The number of carbonyl (C=O) groups is 1. The average molecular weight is 481 g/mol. The van der Waals surface area contributed by atoms with Crippen molar-refractivity contribution in [3.8, 4) is 0 Å². The molecular formula is C33H52O2. The van der Waals surface area contributed by atoms with Gasteiger partial charge >= 0.3 is 5.97 Å². The van der Waals surface area contributed by atoms with E-state index in [1.54, 1.807) is 0 Å². The lowest BCUT2D eigenvalue weighted by molar-refractivity contribution is 0.0161. The first-order chi connectivity index (χ1) is 17.1. The fourth-order valence-electron chi connectivity index (χ4n) is 6.20. The van der Waals surface area contributed by atoms with Gasteiger partial charge in [0.05, 0.1) is 5.56 Å². The molecule has 0 aliphatic heterocycles. The van der Waals surface area contributed by atoms with Crippen LogP contribution >= 0.6 is 0 Å². The highest BCUT2D eigenvalue weighted by Gasteiger charge is 2.25. The summed E-state index contributed by atoms with van der Waals surface area (Å²) in [5.41, 5.74) is 3.43. The highest BCUT2D eigenvalue weighted by atomic mass is 16.5. The van der Waals surface area contributed by atoms with Crippen molar-refractivity contribution < 1.29 is 9.53 Å². The van der Waals surface area contributed by atoms with Crippen molar-refractivity contribution in [3.05, 3.63) is 41.5 Å². The lowest BCUT2D eigenvalue weighted by Gasteiger charge is -2.28. The van der Waals surface area contributed by atoms with E-state index in [0.29, 0.717) is 5.56 Å². The van der Waals surface area contributed by atoms with Gasteiger partial charge in [-0.3, -0.25) is 0 Å². The predicted octanol–water partition coefficient (Wildman–Crippen LogP) is 10.2. The topological polar surface area (TPSA) is 26.3 Å². The zero-order chi connectivity index (χ0) is 24.9. The minimum Gasteiger partial charge on any atom is -0.459 e. The number of carbonyl (C=O) groups excluding carboxylic acids is 1. The fraction of sp³-hybridized carbons (Fsp3) is 0.727. The van der Waals surface area contributed by atoms with E-state index < -0.39 is 0 Å². The highest BCUT2D eigenvalue weighted by Crippen LogP contribution is 2.36. The molecule has 0 radical (unpaired) electrons. The van der Waals surface area contributed by atoms with E-state index in [1.807, 2.05) is 12.1 Å². The average Bonchev–Trinajstić information content (AvgIpc) is 2.90. The van der Waals surface area contributed by atoms with E-state index in [1.165, 1.54) is 101 Å². The Morgan fingerprint density at radius 1 is 0.886 bits per heavy atom. The molecule has 0 N–H and O–H groups in total. The Morgan fingerprint density at radius 2 is 1.57 bits per heavy atom. The molecule has 2 aliphatic rings. The van der Waals surface area contributed by atoms with E-state index in [4.69, 9.17) is 4.74 Å². The maximum absolute atomic E-state index is 12.7. The molecule has 196 valence electrons. The van der Waals surface area contributed by atoms with Gasteiger partial charge in [0.2, 0.25) is 0 Å². The minimum atomic E-state index is -0.141. The molecular weight excluding hydrogens is 428 g/mol. The Labute approximate surface area is 216 Å². The van der Waals surface area contributed by atoms with Crippen molar-refractivity contribution in [2.45, 2.75) is 136 Å². The fourth-order valence-corrected chi connectivity index (χ4v) is 6.20. The summed E-state index contributed by atoms with van der Waals surface area (Å²) in [5, 5.41) is 0. The van der Waals surface area contributed by atoms with Crippen LogP contribution < -0.4 is 0 Å². The molecule has 2 unspecified atom stereocenters. The van der Waals surface area contributed by atoms with Gasteiger partial charge < -0.3 is 4.74 Å². The van der Waals surface area contributed by atoms with Gasteiger partial charge in [0, 0.05) is 0 Å². The quantitative estimate of drug-likeness (QED) is 0.195. The van der Waals surface area contributed by atoms with Gasteiger partial charge in [0.1, 0.15) is 6.10 Å². The number of esters is 1. The van der Waals surface area contributed by atoms with E-state index >= 15 is 0 Å². The molecule has 2 heteroatoms. The lowest BCUT2D eigenvalue weighted by Crippen LogP contribution is -2.24. The second-order valence-electron chi connectivity index (χ2n) is 11.6. The van der Waals surface area contributed by atoms with Crippen LogP contribution in [0.5, 0.6) is 0 Å². The van der Waals surface area contributed by atoms with Gasteiger partial charge in [-0.15, -0.1) is 0 Å². The van der Waals surface area contributed by atoms with Crippen molar-refractivity contribution in [1.29, 1.82) is 0 Å². The molecule has 1 aromatic rings. The minimum absolute atomic E-state index is 0.107. The number of hydrogen-bond acceptors (Lipinski definition) is 2. The summed E-state index contributed by atoms with van der Waals surface area (Å²) < 4.78 is 5.90. The molecule has 35 heavy (non-hydrogen) atoms. The standard InChI is InChI=1S/C33H52O2/c1-4-6-8-9-11-13-27-14-24-32(25-15-27)35-33(34)31-22-20-30(21-23-31)29-18-16-28(17-19-29)26(3)12-10-7-5-2/h18,20-23,26-28,32H,4-17,19,24-25H2,1-3H3/t26?,27-,28?,32-. The molecule has 1 aromatic carbocycles. The normalized spacial score (nSPS) is 23.5. The monoisotopic (exact) mass is 480 g/mol. The summed E-state index contributed by atoms with van der Waals surface area (Å²) >= 11 is 0. The van der Waals surface area contributed by atoms with Crippen LogP contribution in [-0.4, -0.2) is 12.1 Å². The SMILES string of the molecule is CCCCCCC[C@H]1CC[C@H](OC(=O)c2ccc(C3=CCC(C(C)CCCCC)CC3)cc2)CC1. The van der Waals surface area contributed by atoms with Crippen molar-refractivity contribution in [1.82, 2.24) is 0 Å². The molecule has 2 nitrogen and oxygen atoms in total. The summed E-state index contributed by atoms with van der Waals surface area (Å²) in [7, 11) is 0. The third-order valence-electron chi connectivity index (χ3n) is 8.79. The Bertz CT molecular complexity index is 754. The van der Waals surface area contributed by atoms with Gasteiger partial charge in [-0.25, -0.2) is 4.79 Å². The molecule has 0 heterocycles. The second kappa shape index (κ2) is 15.5. The number of allylic oxidation sites excluding steroid dienone is 2. The smallest absolute Gasteiger partial charge is 0.338 e. The Balaban J connectivity index is 1.39. The Morgan fingerprint density at radius 3 is 2.23 bits per heavy atom. The van der Waals surface area contributed by atoms with Crippen molar-refractivity contribution >= 4 is 11.5 Å². The van der Waals surface area contributed by atoms with Crippen molar-refractivity contribution in [2.75, 3.05) is 0 Å². The third-order valence-corrected chi connectivity index (χ3v) is 8.79. The number of ether oxygens (including phenoxy) is 1. The Kier molecular flexibility index (Phi) is 12.4. The van der Waals surface area contributed by atoms with Crippen LogP contribution in [0, 0.1) is 17.8 Å². The van der Waals surface area contributed by atoms with E-state index in [0.717, 1.165) is 37.0 Å². The zero-order valence-corrected chi connectivity index (χ0v) is 23.0. The van der Waals surface area contributed by atoms with Crippen molar-refractivity contribution in [3.63, 3.8) is 0 Å². The lowest BCUT2D eigenvalue weighted by atomic mass is 9.78. The van der Waals surface area contributed by atoms with Crippen LogP contribution in [0.15, 0.2) is 30.3 Å². The molecule has 0 saturated heterocycles. The van der Waals surface area contributed by atoms with Gasteiger partial charge in [0.25, 0.3) is 0 Å². The number of hydrogen-bond donors (Lipinski definition) is 0. The van der Waals surface area contributed by atoms with Gasteiger partial charge in [-0.2, -0.15) is 0 Å². The Hall–Kier alpha value is -1.57. The first-order valence-corrected chi connectivity index (χ1v) is 15.1. The predicted molar refractivity (Wildman–Crippen MR) is 150 cm³/mol. The second-order valence-corrected chi connectivity index (χ2v) is 11.6. The summed E-state index contributed by atoms with van der Waals surface area (Å²) in [6.45, 7) is 7.00. The van der Waals surface area contributed by atoms with Crippen molar-refractivity contribution in [2.24, 2.45) is 17.8 Å². The molecule has 0 spiro atoms. The largest absolute Gasteiger partial charge is 0.459 e. The van der Waals surface area contributed by atoms with Crippen LogP contribution in [0.25, 0.3) is 5.57 Å². The summed E-state index contributed by atoms with van der Waals surface area (Å²) in [6, 6.07) is 8.20. The van der Waals surface area contributed by atoms with E-state index in [9.17, 15) is 4.79 Å². The van der Waals surface area contributed by atoms with Gasteiger partial charge in [-0.05, 0) is 86.0 Å². The number of rotatable bonds is 14. The summed E-state index contributed by atoms with van der Waals surface area (Å²) in [5.74, 6) is 2.37. The van der Waals surface area contributed by atoms with E-state index in [2.05, 4.69) is 39.0 Å². The van der Waals surface area contributed by atoms with Crippen LogP contribution in [0.4, 0.5) is 0 Å². The van der Waals surface area contributed by atoms with Gasteiger partial charge in [-0.1, -0.05) is 103 Å². The first kappa shape index (κ1) is 28.0. The number of benzene rings is 1. The maximum atomic E-state index is 12.7. The molecule has 2 aliphatic carbocycles. The van der Waals surface area contributed by atoms with Crippen LogP contribution in [0.1, 0.15) is 146 Å². The maximum Gasteiger partial charge on any atom is 0.338 e. The molecule has 3 rings (SSSR count). The molecule has 1 fully saturated rings. The molecule has 1 saturated carbocycles. The first-order valence-electron chi connectivity index (χ1n) is 15.1. The summed E-state index contributed by atoms with van der Waals surface area (Å²) in [6.07, 6.45) is 24.4. The zero-order valence-electron chi connectivity index (χ0n) is 23.0. The van der Waals surface area contributed by atoms with Crippen LogP contribution in [0.2, 0.25) is 0 Å². The molecule has 0 aromatic heterocycles. The molecule has 0 bridgehead atoms. The molecule has 2 atom stereocenters. The molecule has 0 amide bonds. The van der Waals surface area contributed by atoms with Crippen LogP contribution in [0.3, 0.4) is 0 Å². The van der Waals surface area contributed by atoms with Crippen LogP contribution in [-0.2, 0) is 4.74 Å². The number of unbranched alkanes of at least 4 members (excludes halogenated alkanes) is 6. The third kappa shape index (κ3) is 9.43.